The lowest BCUT2D eigenvalue weighted by Crippen LogP contribution is -2.44. The highest BCUT2D eigenvalue weighted by Gasteiger charge is 2.25. The summed E-state index contributed by atoms with van der Waals surface area (Å²) in [5.74, 6) is -0.0105. The maximum Gasteiger partial charge on any atom is 0.253 e. The van der Waals surface area contributed by atoms with Gasteiger partial charge in [-0.15, -0.1) is 0 Å². The third-order valence-electron chi connectivity index (χ3n) is 2.62. The first kappa shape index (κ1) is 13.4. The average Bonchev–Trinajstić information content (AvgIpc) is 2.34. The van der Waals surface area contributed by atoms with Crippen molar-refractivity contribution in [3.8, 4) is 0 Å². The van der Waals surface area contributed by atoms with Crippen LogP contribution in [0.2, 0.25) is 0 Å². The molecule has 1 N–H and O–H groups in total. The molecular formula is C11H21NO4. The smallest absolute Gasteiger partial charge is 0.253 e. The molecule has 0 aromatic carbocycles. The molecular weight excluding hydrogens is 210 g/mol. The minimum Gasteiger partial charge on any atom is -0.396 e. The van der Waals surface area contributed by atoms with E-state index in [1.54, 1.807) is 11.9 Å². The highest BCUT2D eigenvalue weighted by atomic mass is 16.6. The van der Waals surface area contributed by atoms with Gasteiger partial charge in [-0.2, -0.15) is 0 Å². The van der Waals surface area contributed by atoms with Gasteiger partial charge in [0.25, 0.3) is 5.91 Å². The summed E-state index contributed by atoms with van der Waals surface area (Å²) < 4.78 is 10.5. The number of aliphatic hydroxyl groups excluding tert-OH is 1. The first-order valence-electron chi connectivity index (χ1n) is 5.81. The van der Waals surface area contributed by atoms with Gasteiger partial charge in [0.1, 0.15) is 0 Å². The molecule has 1 amide bonds. The summed E-state index contributed by atoms with van der Waals surface area (Å²) in [7, 11) is 1.78. The SMILES string of the molecule is CN(CCCCCO)C(=O)C1COCCO1. The van der Waals surface area contributed by atoms with Crippen LogP contribution >= 0.6 is 0 Å². The lowest BCUT2D eigenvalue weighted by molar-refractivity contribution is -0.156. The molecule has 0 aromatic heterocycles. The van der Waals surface area contributed by atoms with Gasteiger partial charge in [0.05, 0.1) is 19.8 Å². The Labute approximate surface area is 96.3 Å². The summed E-state index contributed by atoms with van der Waals surface area (Å²) in [6.45, 7) is 2.36. The third kappa shape index (κ3) is 4.47. The highest BCUT2D eigenvalue weighted by Crippen LogP contribution is 2.05. The number of hydrogen-bond donors (Lipinski definition) is 1. The molecule has 1 heterocycles. The van der Waals surface area contributed by atoms with Crippen molar-refractivity contribution in [2.75, 3.05) is 40.0 Å². The number of ether oxygens (including phenoxy) is 2. The Kier molecular flexibility index (Phi) is 6.37. The number of likely N-dealkylation sites (N-methyl/N-ethyl adjacent to an activating group) is 1. The van der Waals surface area contributed by atoms with Crippen LogP contribution in [0.1, 0.15) is 19.3 Å². The van der Waals surface area contributed by atoms with Crippen LogP contribution in [-0.2, 0) is 14.3 Å². The first-order valence-corrected chi connectivity index (χ1v) is 5.81. The van der Waals surface area contributed by atoms with Crippen molar-refractivity contribution >= 4 is 5.91 Å². The number of unbranched alkanes of at least 4 members (excludes halogenated alkanes) is 2. The van der Waals surface area contributed by atoms with E-state index in [4.69, 9.17) is 14.6 Å². The predicted octanol–water partition coefficient (Wildman–Crippen LogP) is 0.0228. The monoisotopic (exact) mass is 231 g/mol. The van der Waals surface area contributed by atoms with E-state index >= 15 is 0 Å². The minimum absolute atomic E-state index is 0.0105. The molecule has 1 saturated heterocycles. The summed E-state index contributed by atoms with van der Waals surface area (Å²) in [4.78, 5) is 13.5. The first-order chi connectivity index (χ1) is 7.75. The summed E-state index contributed by atoms with van der Waals surface area (Å²) >= 11 is 0. The third-order valence-corrected chi connectivity index (χ3v) is 2.62. The molecule has 5 heteroatoms. The summed E-state index contributed by atoms with van der Waals surface area (Å²) in [5, 5.41) is 8.63. The Hall–Kier alpha value is -0.650. The van der Waals surface area contributed by atoms with Crippen molar-refractivity contribution in [3.63, 3.8) is 0 Å². The average molecular weight is 231 g/mol. The van der Waals surface area contributed by atoms with E-state index in [0.29, 0.717) is 26.4 Å². The van der Waals surface area contributed by atoms with Crippen LogP contribution in [0, 0.1) is 0 Å². The normalized spacial score (nSPS) is 20.8. The molecule has 16 heavy (non-hydrogen) atoms. The Balaban J connectivity index is 2.18. The Morgan fingerprint density at radius 2 is 2.19 bits per heavy atom. The molecule has 0 saturated carbocycles. The van der Waals surface area contributed by atoms with Gasteiger partial charge in [-0.1, -0.05) is 0 Å². The topological polar surface area (TPSA) is 59.0 Å². The van der Waals surface area contributed by atoms with Crippen LogP contribution < -0.4 is 0 Å². The van der Waals surface area contributed by atoms with Gasteiger partial charge in [-0.05, 0) is 19.3 Å². The summed E-state index contributed by atoms with van der Waals surface area (Å²) in [6.07, 6.45) is 2.22. The van der Waals surface area contributed by atoms with Crippen molar-refractivity contribution in [2.45, 2.75) is 25.4 Å². The van der Waals surface area contributed by atoms with Crippen molar-refractivity contribution in [3.05, 3.63) is 0 Å². The molecule has 0 bridgehead atoms. The molecule has 1 atom stereocenters. The Bertz CT molecular complexity index is 204. The zero-order chi connectivity index (χ0) is 11.8. The Morgan fingerprint density at radius 3 is 2.81 bits per heavy atom. The number of amides is 1. The van der Waals surface area contributed by atoms with Crippen molar-refractivity contribution in [1.82, 2.24) is 4.90 Å². The second-order valence-corrected chi connectivity index (χ2v) is 3.98. The van der Waals surface area contributed by atoms with Crippen molar-refractivity contribution in [2.24, 2.45) is 0 Å². The lowest BCUT2D eigenvalue weighted by Gasteiger charge is -2.26. The van der Waals surface area contributed by atoms with Gasteiger partial charge >= 0.3 is 0 Å². The molecule has 0 aliphatic carbocycles. The minimum atomic E-state index is -0.434. The lowest BCUT2D eigenvalue weighted by atomic mass is 10.2. The number of carbonyl (C=O) groups is 1. The van der Waals surface area contributed by atoms with Crippen LogP contribution in [0.4, 0.5) is 0 Å². The molecule has 5 nitrogen and oxygen atoms in total. The standard InChI is InChI=1S/C11H21NO4/c1-12(5-3-2-4-6-13)11(14)10-9-15-7-8-16-10/h10,13H,2-9H2,1H3. The van der Waals surface area contributed by atoms with Crippen LogP contribution in [0.25, 0.3) is 0 Å². The highest BCUT2D eigenvalue weighted by molar-refractivity contribution is 5.80. The van der Waals surface area contributed by atoms with E-state index in [0.717, 1.165) is 19.3 Å². The van der Waals surface area contributed by atoms with Crippen LogP contribution in [0.3, 0.4) is 0 Å². The van der Waals surface area contributed by atoms with Crippen molar-refractivity contribution < 1.29 is 19.4 Å². The maximum absolute atomic E-state index is 11.8. The summed E-state index contributed by atoms with van der Waals surface area (Å²) in [6, 6.07) is 0. The number of carbonyl (C=O) groups excluding carboxylic acids is 1. The zero-order valence-electron chi connectivity index (χ0n) is 9.85. The molecule has 1 unspecified atom stereocenters. The maximum atomic E-state index is 11.8. The molecule has 1 fully saturated rings. The van der Waals surface area contributed by atoms with Crippen LogP contribution in [-0.4, -0.2) is 62.0 Å². The van der Waals surface area contributed by atoms with E-state index in [-0.39, 0.29) is 12.5 Å². The van der Waals surface area contributed by atoms with E-state index in [1.807, 2.05) is 0 Å². The fourth-order valence-electron chi connectivity index (χ4n) is 1.62. The molecule has 1 aliphatic heterocycles. The fraction of sp³-hybridized carbons (Fsp3) is 0.909. The molecule has 94 valence electrons. The van der Waals surface area contributed by atoms with Gasteiger partial charge in [-0.25, -0.2) is 0 Å². The zero-order valence-corrected chi connectivity index (χ0v) is 9.85. The molecule has 0 spiro atoms. The number of hydrogen-bond acceptors (Lipinski definition) is 4. The van der Waals surface area contributed by atoms with E-state index in [2.05, 4.69) is 0 Å². The van der Waals surface area contributed by atoms with E-state index in [1.165, 1.54) is 0 Å². The van der Waals surface area contributed by atoms with Gasteiger partial charge in [0, 0.05) is 20.2 Å². The predicted molar refractivity (Wildman–Crippen MR) is 59.1 cm³/mol. The number of nitrogens with zero attached hydrogens (tertiary/aromatic N) is 1. The van der Waals surface area contributed by atoms with E-state index in [9.17, 15) is 4.79 Å². The number of aliphatic hydroxyl groups is 1. The van der Waals surface area contributed by atoms with Crippen molar-refractivity contribution in [1.29, 1.82) is 0 Å². The van der Waals surface area contributed by atoms with Gasteiger partial charge in [-0.3, -0.25) is 4.79 Å². The molecule has 1 rings (SSSR count). The fourth-order valence-corrected chi connectivity index (χ4v) is 1.62. The van der Waals surface area contributed by atoms with Crippen LogP contribution in [0.5, 0.6) is 0 Å². The number of rotatable bonds is 6. The Morgan fingerprint density at radius 1 is 1.38 bits per heavy atom. The van der Waals surface area contributed by atoms with Gasteiger partial charge in [0.15, 0.2) is 6.10 Å². The second-order valence-electron chi connectivity index (χ2n) is 3.98. The largest absolute Gasteiger partial charge is 0.396 e. The quantitative estimate of drug-likeness (QED) is 0.655. The summed E-state index contributed by atoms with van der Waals surface area (Å²) in [5.41, 5.74) is 0. The van der Waals surface area contributed by atoms with Gasteiger partial charge in [0.2, 0.25) is 0 Å². The second kappa shape index (κ2) is 7.60. The molecule has 1 aliphatic rings. The molecule has 0 aromatic rings. The van der Waals surface area contributed by atoms with Crippen LogP contribution in [0.15, 0.2) is 0 Å². The molecule has 0 radical (unpaired) electrons. The van der Waals surface area contributed by atoms with E-state index < -0.39 is 6.10 Å². The van der Waals surface area contributed by atoms with Gasteiger partial charge < -0.3 is 19.5 Å².